The van der Waals surface area contributed by atoms with Crippen molar-refractivity contribution in [2.75, 3.05) is 0 Å². The molecule has 90 valence electrons. The summed E-state index contributed by atoms with van der Waals surface area (Å²) in [5.74, 6) is 0. The Kier molecular flexibility index (Phi) is 4.73. The Morgan fingerprint density at radius 2 is 1.94 bits per heavy atom. The van der Waals surface area contributed by atoms with Crippen LogP contribution in [0, 0.1) is 0 Å². The van der Waals surface area contributed by atoms with Crippen molar-refractivity contribution in [3.63, 3.8) is 0 Å². The van der Waals surface area contributed by atoms with Gasteiger partial charge in [0.15, 0.2) is 8.32 Å². The average molecular weight is 279 g/mol. The van der Waals surface area contributed by atoms with E-state index in [9.17, 15) is 0 Å². The van der Waals surface area contributed by atoms with Gasteiger partial charge in [-0.1, -0.05) is 11.6 Å². The van der Waals surface area contributed by atoms with Crippen LogP contribution in [0.15, 0.2) is 6.07 Å². The van der Waals surface area contributed by atoms with Crippen LogP contribution in [0.1, 0.15) is 12.6 Å². The van der Waals surface area contributed by atoms with E-state index >= 15 is 0 Å². The largest absolute Gasteiger partial charge is 0.415 e. The maximum Gasteiger partial charge on any atom is 0.224 e. The second-order valence-corrected chi connectivity index (χ2v) is 9.88. The molecule has 1 aromatic heterocycles. The monoisotopic (exact) mass is 278 g/mol. The molecule has 16 heavy (non-hydrogen) atoms. The summed E-state index contributed by atoms with van der Waals surface area (Å²) >= 11 is 11.5. The SMILES string of the molecule is CC(Cc1cc(Cl)nc(Cl)n1)O[Si](C)(C)C. The molecule has 0 radical (unpaired) electrons. The smallest absolute Gasteiger partial charge is 0.224 e. The lowest BCUT2D eigenvalue weighted by Crippen LogP contribution is -2.31. The lowest BCUT2D eigenvalue weighted by atomic mass is 10.2. The van der Waals surface area contributed by atoms with Gasteiger partial charge in [0.1, 0.15) is 5.15 Å². The summed E-state index contributed by atoms with van der Waals surface area (Å²) in [6.07, 6.45) is 0.820. The van der Waals surface area contributed by atoms with Gasteiger partial charge in [-0.15, -0.1) is 0 Å². The zero-order valence-corrected chi connectivity index (χ0v) is 12.4. The molecule has 0 spiro atoms. The highest BCUT2D eigenvalue weighted by atomic mass is 35.5. The molecular formula is C10H16Cl2N2OSi. The maximum atomic E-state index is 5.91. The lowest BCUT2D eigenvalue weighted by molar-refractivity contribution is 0.213. The summed E-state index contributed by atoms with van der Waals surface area (Å²) in [6, 6.07) is 1.72. The summed E-state index contributed by atoms with van der Waals surface area (Å²) in [4.78, 5) is 7.91. The van der Waals surface area contributed by atoms with Crippen LogP contribution in [-0.4, -0.2) is 24.4 Å². The summed E-state index contributed by atoms with van der Waals surface area (Å²) < 4.78 is 5.91. The van der Waals surface area contributed by atoms with Crippen LogP contribution in [0.2, 0.25) is 30.1 Å². The third-order valence-electron chi connectivity index (χ3n) is 1.77. The molecule has 0 N–H and O–H groups in total. The van der Waals surface area contributed by atoms with Crippen LogP contribution in [-0.2, 0) is 10.8 Å². The van der Waals surface area contributed by atoms with Crippen LogP contribution < -0.4 is 0 Å². The highest BCUT2D eigenvalue weighted by molar-refractivity contribution is 6.69. The Morgan fingerprint density at radius 3 is 2.44 bits per heavy atom. The molecule has 0 aliphatic heterocycles. The van der Waals surface area contributed by atoms with Gasteiger partial charge < -0.3 is 4.43 Å². The summed E-state index contributed by atoms with van der Waals surface area (Å²) in [6.45, 7) is 8.50. The molecular weight excluding hydrogens is 263 g/mol. The van der Waals surface area contributed by atoms with Crippen molar-refractivity contribution in [2.24, 2.45) is 0 Å². The van der Waals surface area contributed by atoms with Gasteiger partial charge in [0, 0.05) is 18.2 Å². The molecule has 1 heterocycles. The minimum atomic E-state index is -1.51. The van der Waals surface area contributed by atoms with E-state index in [0.717, 1.165) is 5.69 Å². The molecule has 0 fully saturated rings. The average Bonchev–Trinajstić information content (AvgIpc) is 1.96. The van der Waals surface area contributed by atoms with Gasteiger partial charge in [-0.2, -0.15) is 0 Å². The number of rotatable bonds is 4. The Labute approximate surface area is 107 Å². The van der Waals surface area contributed by atoms with Crippen LogP contribution in [0.4, 0.5) is 0 Å². The first-order valence-electron chi connectivity index (χ1n) is 5.13. The molecule has 0 aromatic carbocycles. The normalized spacial score (nSPS) is 13.9. The number of aromatic nitrogens is 2. The summed E-state index contributed by atoms with van der Waals surface area (Å²) in [7, 11) is -1.51. The first-order valence-corrected chi connectivity index (χ1v) is 9.29. The van der Waals surface area contributed by atoms with E-state index in [2.05, 4.69) is 29.6 Å². The fourth-order valence-corrected chi connectivity index (χ4v) is 3.22. The number of nitrogens with zero attached hydrogens (tertiary/aromatic N) is 2. The molecule has 0 amide bonds. The Bertz CT molecular complexity index is 348. The van der Waals surface area contributed by atoms with E-state index in [4.69, 9.17) is 27.6 Å². The molecule has 3 nitrogen and oxygen atoms in total. The van der Waals surface area contributed by atoms with E-state index in [-0.39, 0.29) is 11.4 Å². The molecule has 1 unspecified atom stereocenters. The van der Waals surface area contributed by atoms with Crippen molar-refractivity contribution < 1.29 is 4.43 Å². The van der Waals surface area contributed by atoms with Gasteiger partial charge in [0.2, 0.25) is 5.28 Å². The quantitative estimate of drug-likeness (QED) is 0.480. The fraction of sp³-hybridized carbons (Fsp3) is 0.600. The standard InChI is InChI=1S/C10H16Cl2N2OSi/c1-7(15-16(2,3)4)5-8-6-9(11)14-10(12)13-8/h6-7H,5H2,1-4H3. The molecule has 1 aromatic rings. The van der Waals surface area contributed by atoms with Crippen molar-refractivity contribution >= 4 is 31.5 Å². The predicted molar refractivity (Wildman–Crippen MR) is 69.6 cm³/mol. The van der Waals surface area contributed by atoms with Crippen molar-refractivity contribution in [1.82, 2.24) is 9.97 Å². The van der Waals surface area contributed by atoms with E-state index in [1.54, 1.807) is 6.07 Å². The highest BCUT2D eigenvalue weighted by Crippen LogP contribution is 2.15. The Balaban J connectivity index is 2.66. The molecule has 0 aliphatic rings. The van der Waals surface area contributed by atoms with Gasteiger partial charge in [-0.25, -0.2) is 9.97 Å². The zero-order valence-electron chi connectivity index (χ0n) is 9.92. The van der Waals surface area contributed by atoms with Crippen molar-refractivity contribution in [2.45, 2.75) is 39.1 Å². The van der Waals surface area contributed by atoms with Crippen molar-refractivity contribution in [1.29, 1.82) is 0 Å². The minimum absolute atomic E-state index is 0.119. The van der Waals surface area contributed by atoms with E-state index in [1.807, 2.05) is 6.92 Å². The van der Waals surface area contributed by atoms with Crippen molar-refractivity contribution in [3.8, 4) is 0 Å². The zero-order chi connectivity index (χ0) is 12.3. The lowest BCUT2D eigenvalue weighted by Gasteiger charge is -2.23. The van der Waals surface area contributed by atoms with Crippen LogP contribution in [0.3, 0.4) is 0 Å². The molecule has 0 bridgehead atoms. The van der Waals surface area contributed by atoms with Crippen molar-refractivity contribution in [3.05, 3.63) is 22.2 Å². The summed E-state index contributed by atoms with van der Waals surface area (Å²) in [5, 5.41) is 0.554. The van der Waals surface area contributed by atoms with E-state index in [0.29, 0.717) is 11.6 Å². The molecule has 0 saturated heterocycles. The third-order valence-corrected chi connectivity index (χ3v) is 3.24. The molecule has 1 atom stereocenters. The molecule has 0 saturated carbocycles. The maximum absolute atomic E-state index is 5.91. The van der Waals surface area contributed by atoms with E-state index in [1.165, 1.54) is 0 Å². The first-order chi connectivity index (χ1) is 7.26. The third kappa shape index (κ3) is 5.25. The number of hydrogen-bond donors (Lipinski definition) is 0. The molecule has 0 aliphatic carbocycles. The van der Waals surface area contributed by atoms with Gasteiger partial charge in [0.25, 0.3) is 0 Å². The topological polar surface area (TPSA) is 35.0 Å². The Morgan fingerprint density at radius 1 is 1.31 bits per heavy atom. The molecule has 1 rings (SSSR count). The Hall–Kier alpha value is -0.163. The van der Waals surface area contributed by atoms with E-state index < -0.39 is 8.32 Å². The van der Waals surface area contributed by atoms with Gasteiger partial charge in [-0.05, 0) is 44.2 Å². The van der Waals surface area contributed by atoms with Gasteiger partial charge in [-0.3, -0.25) is 0 Å². The second-order valence-electron chi connectivity index (χ2n) is 4.70. The molecule has 6 heteroatoms. The van der Waals surface area contributed by atoms with Crippen LogP contribution in [0.5, 0.6) is 0 Å². The minimum Gasteiger partial charge on any atom is -0.415 e. The first kappa shape index (κ1) is 13.9. The number of hydrogen-bond acceptors (Lipinski definition) is 3. The van der Waals surface area contributed by atoms with Gasteiger partial charge >= 0.3 is 0 Å². The number of halogens is 2. The second kappa shape index (κ2) is 5.45. The predicted octanol–water partition coefficient (Wildman–Crippen LogP) is 3.57. The summed E-state index contributed by atoms with van der Waals surface area (Å²) in [5.41, 5.74) is 0.816. The van der Waals surface area contributed by atoms with Crippen LogP contribution in [0.25, 0.3) is 0 Å². The van der Waals surface area contributed by atoms with Crippen LogP contribution >= 0.6 is 23.2 Å². The fourth-order valence-electron chi connectivity index (χ4n) is 1.48. The highest BCUT2D eigenvalue weighted by Gasteiger charge is 2.19. The van der Waals surface area contributed by atoms with Gasteiger partial charge in [0.05, 0.1) is 0 Å².